The van der Waals surface area contributed by atoms with Crippen LogP contribution in [0.25, 0.3) is 6.08 Å². The summed E-state index contributed by atoms with van der Waals surface area (Å²) >= 11 is 8.01. The molecule has 0 aromatic heterocycles. The van der Waals surface area contributed by atoms with Crippen LogP contribution < -0.4 is 5.32 Å². The van der Waals surface area contributed by atoms with Gasteiger partial charge in [-0.15, -0.1) is 0 Å². The number of aromatic carboxylic acids is 1. The van der Waals surface area contributed by atoms with Crippen LogP contribution >= 0.6 is 43.6 Å². The van der Waals surface area contributed by atoms with Gasteiger partial charge in [0.2, 0.25) is 0 Å². The van der Waals surface area contributed by atoms with E-state index >= 15 is 0 Å². The zero-order valence-electron chi connectivity index (χ0n) is 16.7. The van der Waals surface area contributed by atoms with Crippen LogP contribution in [-0.4, -0.2) is 25.4 Å². The Balaban J connectivity index is 1.59. The summed E-state index contributed by atoms with van der Waals surface area (Å²) in [5, 5.41) is 11.8. The van der Waals surface area contributed by atoms with Crippen molar-refractivity contribution in [3.63, 3.8) is 0 Å². The smallest absolute Gasteiger partial charge is 0.335 e. The fourth-order valence-corrected chi connectivity index (χ4v) is 7.16. The molecule has 0 atom stereocenters. The van der Waals surface area contributed by atoms with Gasteiger partial charge in [0.05, 0.1) is 26.8 Å². The highest BCUT2D eigenvalue weighted by Crippen LogP contribution is 2.40. The lowest BCUT2D eigenvalue weighted by Gasteiger charge is -2.19. The number of fused-ring (bicyclic) bond motifs is 1. The maximum Gasteiger partial charge on any atom is 0.335 e. The molecule has 2 N–H and O–H groups in total. The molecule has 0 saturated heterocycles. The second-order valence-electron chi connectivity index (χ2n) is 7.11. The van der Waals surface area contributed by atoms with Crippen LogP contribution in [-0.2, 0) is 20.4 Å². The Hall–Kier alpha value is -2.40. The number of anilines is 1. The standard InChI is InChI=1S/C23H15Br2NO5S2/c24-17-2-1-3-18(25)16(17)12-33(30,31)15-8-9-20-19(11-15)26-22(27)21(32-20)10-13-4-6-14(7-5-13)23(28)29/h1-11H,12H2,(H,26,27)(H,28,29)/b21-10+. The van der Waals surface area contributed by atoms with Crippen molar-refractivity contribution in [3.8, 4) is 0 Å². The molecule has 1 aliphatic rings. The highest BCUT2D eigenvalue weighted by Gasteiger charge is 2.25. The average Bonchev–Trinajstić information content (AvgIpc) is 2.77. The van der Waals surface area contributed by atoms with Gasteiger partial charge in [0.15, 0.2) is 9.84 Å². The van der Waals surface area contributed by atoms with Gasteiger partial charge in [-0.05, 0) is 59.7 Å². The summed E-state index contributed by atoms with van der Waals surface area (Å²) in [7, 11) is -3.67. The number of hydrogen-bond acceptors (Lipinski definition) is 5. The molecule has 3 aromatic carbocycles. The maximum absolute atomic E-state index is 13.0. The molecule has 0 spiro atoms. The first-order chi connectivity index (χ1) is 15.6. The lowest BCUT2D eigenvalue weighted by Crippen LogP contribution is -2.18. The van der Waals surface area contributed by atoms with E-state index in [1.165, 1.54) is 36.0 Å². The molecule has 33 heavy (non-hydrogen) atoms. The first-order valence-electron chi connectivity index (χ1n) is 9.48. The number of benzene rings is 3. The molecule has 0 aliphatic carbocycles. The molecule has 0 bridgehead atoms. The summed E-state index contributed by atoms with van der Waals surface area (Å²) in [6.45, 7) is 0. The lowest BCUT2D eigenvalue weighted by molar-refractivity contribution is -0.112. The van der Waals surface area contributed by atoms with Crippen molar-refractivity contribution >= 4 is 77.1 Å². The number of carboxylic acids is 1. The minimum Gasteiger partial charge on any atom is -0.478 e. The SMILES string of the molecule is O=C1Nc2cc(S(=O)(=O)Cc3c(Br)cccc3Br)ccc2S/C1=C/c1ccc(C(=O)O)cc1. The number of hydrogen-bond donors (Lipinski definition) is 2. The van der Waals surface area contributed by atoms with Crippen molar-refractivity contribution in [3.05, 3.63) is 91.2 Å². The molecule has 4 rings (SSSR count). The summed E-state index contributed by atoms with van der Waals surface area (Å²) in [6.07, 6.45) is 1.66. The van der Waals surface area contributed by atoms with Crippen molar-refractivity contribution in [2.24, 2.45) is 0 Å². The van der Waals surface area contributed by atoms with Crippen LogP contribution in [0.3, 0.4) is 0 Å². The molecule has 3 aromatic rings. The van der Waals surface area contributed by atoms with E-state index in [4.69, 9.17) is 5.11 Å². The Morgan fingerprint density at radius 3 is 2.33 bits per heavy atom. The van der Waals surface area contributed by atoms with Gasteiger partial charge in [-0.1, -0.05) is 61.8 Å². The van der Waals surface area contributed by atoms with E-state index in [1.807, 2.05) is 6.07 Å². The normalized spacial score (nSPS) is 14.6. The second-order valence-corrected chi connectivity index (χ2v) is 11.9. The number of carbonyl (C=O) groups is 2. The molecular formula is C23H15Br2NO5S2. The molecule has 10 heteroatoms. The molecule has 0 fully saturated rings. The monoisotopic (exact) mass is 607 g/mol. The van der Waals surface area contributed by atoms with Crippen molar-refractivity contribution in [2.45, 2.75) is 15.5 Å². The molecule has 1 aliphatic heterocycles. The number of amides is 1. The number of halogens is 2. The Kier molecular flexibility index (Phi) is 6.81. The molecule has 0 radical (unpaired) electrons. The molecular weight excluding hydrogens is 594 g/mol. The topological polar surface area (TPSA) is 101 Å². The lowest BCUT2D eigenvalue weighted by atomic mass is 10.1. The van der Waals surface area contributed by atoms with Crippen LogP contribution in [0.2, 0.25) is 0 Å². The van der Waals surface area contributed by atoms with Gasteiger partial charge < -0.3 is 10.4 Å². The van der Waals surface area contributed by atoms with E-state index < -0.39 is 15.8 Å². The molecule has 1 amide bonds. The Morgan fingerprint density at radius 1 is 1.03 bits per heavy atom. The summed E-state index contributed by atoms with van der Waals surface area (Å²) < 4.78 is 27.5. The summed E-state index contributed by atoms with van der Waals surface area (Å²) in [6, 6.07) is 16.2. The number of thioether (sulfide) groups is 1. The van der Waals surface area contributed by atoms with E-state index in [0.29, 0.717) is 35.6 Å². The molecule has 0 unspecified atom stereocenters. The van der Waals surface area contributed by atoms with Crippen LogP contribution in [0.4, 0.5) is 5.69 Å². The summed E-state index contributed by atoms with van der Waals surface area (Å²) in [5.41, 5.74) is 1.88. The number of carboxylic acid groups (broad SMARTS) is 1. The third-order valence-electron chi connectivity index (χ3n) is 4.85. The zero-order chi connectivity index (χ0) is 23.8. The average molecular weight is 609 g/mol. The Bertz CT molecular complexity index is 1400. The minimum atomic E-state index is -3.67. The first-order valence-corrected chi connectivity index (χ1v) is 13.5. The van der Waals surface area contributed by atoms with Gasteiger partial charge in [0.1, 0.15) is 0 Å². The van der Waals surface area contributed by atoms with Gasteiger partial charge in [-0.3, -0.25) is 4.79 Å². The minimum absolute atomic E-state index is 0.112. The largest absolute Gasteiger partial charge is 0.478 e. The van der Waals surface area contributed by atoms with Gasteiger partial charge in [-0.25, -0.2) is 13.2 Å². The number of sulfone groups is 1. The fourth-order valence-electron chi connectivity index (χ4n) is 3.15. The third-order valence-corrected chi connectivity index (χ3v) is 9.08. The van der Waals surface area contributed by atoms with Crippen molar-refractivity contribution in [1.82, 2.24) is 0 Å². The quantitative estimate of drug-likeness (QED) is 0.346. The van der Waals surface area contributed by atoms with Crippen LogP contribution in [0.1, 0.15) is 21.5 Å². The van der Waals surface area contributed by atoms with E-state index in [-0.39, 0.29) is 22.1 Å². The highest BCUT2D eigenvalue weighted by molar-refractivity contribution is 9.11. The van der Waals surface area contributed by atoms with Gasteiger partial charge in [0.25, 0.3) is 5.91 Å². The van der Waals surface area contributed by atoms with Gasteiger partial charge >= 0.3 is 5.97 Å². The van der Waals surface area contributed by atoms with E-state index in [0.717, 1.165) is 0 Å². The number of nitrogens with one attached hydrogen (secondary N) is 1. The maximum atomic E-state index is 13.0. The molecule has 168 valence electrons. The second kappa shape index (κ2) is 9.46. The predicted molar refractivity (Wildman–Crippen MR) is 135 cm³/mol. The van der Waals surface area contributed by atoms with Crippen LogP contribution in [0, 0.1) is 0 Å². The molecule has 1 heterocycles. The number of carbonyl (C=O) groups excluding carboxylic acids is 1. The third kappa shape index (κ3) is 5.24. The van der Waals surface area contributed by atoms with Crippen molar-refractivity contribution in [1.29, 1.82) is 0 Å². The first kappa shape index (κ1) is 23.7. The van der Waals surface area contributed by atoms with Gasteiger partial charge in [-0.2, -0.15) is 0 Å². The van der Waals surface area contributed by atoms with Crippen molar-refractivity contribution in [2.75, 3.05) is 5.32 Å². The number of rotatable bonds is 5. The zero-order valence-corrected chi connectivity index (χ0v) is 21.5. The van der Waals surface area contributed by atoms with E-state index in [1.54, 1.807) is 36.4 Å². The molecule has 6 nitrogen and oxygen atoms in total. The van der Waals surface area contributed by atoms with Crippen LogP contribution in [0.5, 0.6) is 0 Å². The highest BCUT2D eigenvalue weighted by atomic mass is 79.9. The summed E-state index contributed by atoms with van der Waals surface area (Å²) in [5.74, 6) is -1.59. The molecule has 0 saturated carbocycles. The fraction of sp³-hybridized carbons (Fsp3) is 0.0435. The Labute approximate surface area is 211 Å². The Morgan fingerprint density at radius 2 is 1.70 bits per heavy atom. The predicted octanol–water partition coefficient (Wildman–Crippen LogP) is 5.97. The van der Waals surface area contributed by atoms with E-state index in [2.05, 4.69) is 37.2 Å². The van der Waals surface area contributed by atoms with Gasteiger partial charge in [0, 0.05) is 13.8 Å². The van der Waals surface area contributed by atoms with Crippen LogP contribution in [0.15, 0.2) is 84.3 Å². The summed E-state index contributed by atoms with van der Waals surface area (Å²) in [4.78, 5) is 24.9. The van der Waals surface area contributed by atoms with Crippen molar-refractivity contribution < 1.29 is 23.1 Å². The van der Waals surface area contributed by atoms with E-state index in [9.17, 15) is 18.0 Å².